The largest absolute Gasteiger partial charge is 0.384 e. The first-order chi connectivity index (χ1) is 9.04. The van der Waals surface area contributed by atoms with Gasteiger partial charge in [-0.05, 0) is 29.7 Å². The lowest BCUT2D eigenvalue weighted by atomic mass is 9.87. The van der Waals surface area contributed by atoms with Crippen molar-refractivity contribution in [3.8, 4) is 11.8 Å². The zero-order valence-corrected chi connectivity index (χ0v) is 12.1. The van der Waals surface area contributed by atoms with Crippen LogP contribution in [-0.2, 0) is 0 Å². The summed E-state index contributed by atoms with van der Waals surface area (Å²) in [7, 11) is 0. The molecule has 102 valence electrons. The SMILES string of the molecule is CC1(C)CCCC1NC(=O)c1sccc1C#CCO. The number of thiophene rings is 1. The van der Waals surface area contributed by atoms with Crippen molar-refractivity contribution in [3.63, 3.8) is 0 Å². The van der Waals surface area contributed by atoms with E-state index in [1.807, 2.05) is 11.4 Å². The van der Waals surface area contributed by atoms with Gasteiger partial charge in [0.25, 0.3) is 5.91 Å². The topological polar surface area (TPSA) is 49.3 Å². The molecule has 1 atom stereocenters. The third kappa shape index (κ3) is 3.17. The minimum atomic E-state index is -0.188. The Morgan fingerprint density at radius 3 is 3.05 bits per heavy atom. The average molecular weight is 277 g/mol. The zero-order chi connectivity index (χ0) is 13.9. The summed E-state index contributed by atoms with van der Waals surface area (Å²) in [6, 6.07) is 2.06. The molecule has 0 radical (unpaired) electrons. The molecule has 1 aromatic heterocycles. The lowest BCUT2D eigenvalue weighted by Crippen LogP contribution is -2.41. The summed E-state index contributed by atoms with van der Waals surface area (Å²) in [6.07, 6.45) is 3.36. The molecular weight excluding hydrogens is 258 g/mol. The van der Waals surface area contributed by atoms with Gasteiger partial charge >= 0.3 is 0 Å². The van der Waals surface area contributed by atoms with E-state index >= 15 is 0 Å². The van der Waals surface area contributed by atoms with Crippen LogP contribution >= 0.6 is 11.3 Å². The fourth-order valence-corrected chi connectivity index (χ4v) is 3.29. The summed E-state index contributed by atoms with van der Waals surface area (Å²) in [5.41, 5.74) is 0.872. The summed E-state index contributed by atoms with van der Waals surface area (Å²) < 4.78 is 0. The second-order valence-corrected chi connectivity index (χ2v) is 6.45. The van der Waals surface area contributed by atoms with Gasteiger partial charge in [-0.2, -0.15) is 0 Å². The standard InChI is InChI=1S/C15H19NO2S/c1-15(2)8-3-6-12(15)16-14(18)13-11(5-4-9-17)7-10-19-13/h7,10,12,17H,3,6,8-9H2,1-2H3,(H,16,18). The number of hydrogen-bond donors (Lipinski definition) is 2. The van der Waals surface area contributed by atoms with E-state index in [0.717, 1.165) is 12.8 Å². The third-order valence-corrected chi connectivity index (χ3v) is 4.65. The van der Waals surface area contributed by atoms with Crippen molar-refractivity contribution >= 4 is 17.2 Å². The minimum absolute atomic E-state index is 0.0442. The molecule has 1 fully saturated rings. The average Bonchev–Trinajstić information content (AvgIpc) is 2.94. The van der Waals surface area contributed by atoms with Crippen molar-refractivity contribution < 1.29 is 9.90 Å². The highest BCUT2D eigenvalue weighted by molar-refractivity contribution is 7.12. The number of rotatable bonds is 2. The fraction of sp³-hybridized carbons (Fsp3) is 0.533. The normalized spacial score (nSPS) is 20.7. The number of carbonyl (C=O) groups excluding carboxylic acids is 1. The van der Waals surface area contributed by atoms with E-state index in [-0.39, 0.29) is 24.0 Å². The van der Waals surface area contributed by atoms with Gasteiger partial charge in [0.1, 0.15) is 11.5 Å². The molecule has 1 aromatic rings. The summed E-state index contributed by atoms with van der Waals surface area (Å²) in [4.78, 5) is 12.9. The van der Waals surface area contributed by atoms with Gasteiger partial charge in [-0.3, -0.25) is 4.79 Å². The van der Waals surface area contributed by atoms with Crippen LogP contribution in [0.15, 0.2) is 11.4 Å². The van der Waals surface area contributed by atoms with Crippen molar-refractivity contribution in [2.45, 2.75) is 39.2 Å². The Bertz CT molecular complexity index is 522. The van der Waals surface area contributed by atoms with Crippen molar-refractivity contribution in [3.05, 3.63) is 21.9 Å². The molecule has 2 N–H and O–H groups in total. The molecule has 1 heterocycles. The summed E-state index contributed by atoms with van der Waals surface area (Å²) in [5.74, 6) is 5.36. The molecule has 0 bridgehead atoms. The molecule has 4 heteroatoms. The number of aliphatic hydroxyl groups excluding tert-OH is 1. The van der Waals surface area contributed by atoms with E-state index in [1.54, 1.807) is 0 Å². The first-order valence-electron chi connectivity index (χ1n) is 6.52. The van der Waals surface area contributed by atoms with E-state index in [9.17, 15) is 4.79 Å². The number of hydrogen-bond acceptors (Lipinski definition) is 3. The molecule has 1 aliphatic rings. The molecule has 1 amide bonds. The number of aliphatic hydroxyl groups is 1. The van der Waals surface area contributed by atoms with Crippen molar-refractivity contribution in [1.82, 2.24) is 5.32 Å². The predicted molar refractivity (Wildman–Crippen MR) is 77.2 cm³/mol. The molecule has 1 saturated carbocycles. The van der Waals surface area contributed by atoms with Crippen LogP contribution in [0.1, 0.15) is 48.3 Å². The minimum Gasteiger partial charge on any atom is -0.384 e. The van der Waals surface area contributed by atoms with Crippen molar-refractivity contribution in [2.24, 2.45) is 5.41 Å². The van der Waals surface area contributed by atoms with Gasteiger partial charge in [0.05, 0.1) is 0 Å². The lowest BCUT2D eigenvalue weighted by Gasteiger charge is -2.27. The van der Waals surface area contributed by atoms with Crippen LogP contribution in [0.5, 0.6) is 0 Å². The monoisotopic (exact) mass is 277 g/mol. The Labute approximate surface area is 118 Å². The first kappa shape index (κ1) is 14.1. The van der Waals surface area contributed by atoms with Gasteiger partial charge in [0, 0.05) is 11.6 Å². The first-order valence-corrected chi connectivity index (χ1v) is 7.40. The summed E-state index contributed by atoms with van der Waals surface area (Å²) in [6.45, 7) is 4.21. The molecule has 0 saturated heterocycles. The number of nitrogens with one attached hydrogen (secondary N) is 1. The smallest absolute Gasteiger partial charge is 0.262 e. The van der Waals surface area contributed by atoms with Gasteiger partial charge in [0.15, 0.2) is 0 Å². The molecular formula is C15H19NO2S. The summed E-state index contributed by atoms with van der Waals surface area (Å²) >= 11 is 1.40. The highest BCUT2D eigenvalue weighted by Crippen LogP contribution is 2.37. The highest BCUT2D eigenvalue weighted by atomic mass is 32.1. The van der Waals surface area contributed by atoms with E-state index < -0.39 is 0 Å². The Morgan fingerprint density at radius 2 is 2.42 bits per heavy atom. The van der Waals surface area contributed by atoms with E-state index in [4.69, 9.17) is 5.11 Å². The van der Waals surface area contributed by atoms with Crippen LogP contribution in [0.2, 0.25) is 0 Å². The maximum atomic E-state index is 12.3. The molecule has 19 heavy (non-hydrogen) atoms. The molecule has 2 rings (SSSR count). The zero-order valence-electron chi connectivity index (χ0n) is 11.3. The Kier molecular flexibility index (Phi) is 4.28. The van der Waals surface area contributed by atoms with Crippen LogP contribution in [-0.4, -0.2) is 23.7 Å². The van der Waals surface area contributed by atoms with Crippen LogP contribution in [0.25, 0.3) is 0 Å². The Hall–Kier alpha value is -1.31. The van der Waals surface area contributed by atoms with Gasteiger partial charge < -0.3 is 10.4 Å². The van der Waals surface area contributed by atoms with E-state index in [0.29, 0.717) is 10.4 Å². The predicted octanol–water partition coefficient (Wildman–Crippen LogP) is 2.40. The van der Waals surface area contributed by atoms with Gasteiger partial charge in [-0.15, -0.1) is 11.3 Å². The third-order valence-electron chi connectivity index (χ3n) is 3.74. The maximum absolute atomic E-state index is 12.3. The second-order valence-electron chi connectivity index (χ2n) is 5.53. The Morgan fingerprint density at radius 1 is 1.63 bits per heavy atom. The molecule has 1 aliphatic carbocycles. The number of amides is 1. The van der Waals surface area contributed by atoms with Gasteiger partial charge in [0.2, 0.25) is 0 Å². The van der Waals surface area contributed by atoms with Gasteiger partial charge in [-0.1, -0.05) is 32.1 Å². The van der Waals surface area contributed by atoms with Gasteiger partial charge in [-0.25, -0.2) is 0 Å². The molecule has 1 unspecified atom stereocenters. The van der Waals surface area contributed by atoms with E-state index in [2.05, 4.69) is 31.0 Å². The van der Waals surface area contributed by atoms with E-state index in [1.165, 1.54) is 17.8 Å². The lowest BCUT2D eigenvalue weighted by molar-refractivity contribution is 0.0914. The van der Waals surface area contributed by atoms with Crippen LogP contribution in [0.4, 0.5) is 0 Å². The van der Waals surface area contributed by atoms with Crippen LogP contribution in [0.3, 0.4) is 0 Å². The summed E-state index contributed by atoms with van der Waals surface area (Å²) in [5, 5.41) is 13.7. The quantitative estimate of drug-likeness (QED) is 0.816. The molecule has 0 aliphatic heterocycles. The molecule has 0 spiro atoms. The maximum Gasteiger partial charge on any atom is 0.262 e. The highest BCUT2D eigenvalue weighted by Gasteiger charge is 2.35. The second kappa shape index (κ2) is 5.77. The van der Waals surface area contributed by atoms with Crippen LogP contribution in [0, 0.1) is 17.3 Å². The van der Waals surface area contributed by atoms with Crippen LogP contribution < -0.4 is 5.32 Å². The van der Waals surface area contributed by atoms with Crippen molar-refractivity contribution in [2.75, 3.05) is 6.61 Å². The number of carbonyl (C=O) groups is 1. The molecule has 0 aromatic carbocycles. The van der Waals surface area contributed by atoms with Crippen molar-refractivity contribution in [1.29, 1.82) is 0 Å². The molecule has 3 nitrogen and oxygen atoms in total. The fourth-order valence-electron chi connectivity index (χ4n) is 2.54. The Balaban J connectivity index is 2.10.